The summed E-state index contributed by atoms with van der Waals surface area (Å²) in [6.07, 6.45) is 0.330. The summed E-state index contributed by atoms with van der Waals surface area (Å²) >= 11 is 0. The molecule has 0 aromatic heterocycles. The summed E-state index contributed by atoms with van der Waals surface area (Å²) in [5.41, 5.74) is 7.51. The third-order valence-electron chi connectivity index (χ3n) is 3.10. The quantitative estimate of drug-likeness (QED) is 0.916. The van der Waals surface area contributed by atoms with E-state index in [9.17, 15) is 4.79 Å². The number of benzene rings is 2. The van der Waals surface area contributed by atoms with Crippen molar-refractivity contribution >= 4 is 11.8 Å². The summed E-state index contributed by atoms with van der Waals surface area (Å²) in [4.78, 5) is 14.0. The summed E-state index contributed by atoms with van der Waals surface area (Å²) in [6.45, 7) is 3.07. The molecule has 0 radical (unpaired) electrons. The van der Waals surface area contributed by atoms with E-state index >= 15 is 0 Å². The molecule has 0 saturated carbocycles. The predicted molar refractivity (Wildman–Crippen MR) is 84.7 cm³/mol. The average Bonchev–Trinajstić information content (AvgIpc) is 2.50. The number of amides is 1. The second kappa shape index (κ2) is 7.45. The summed E-state index contributed by atoms with van der Waals surface area (Å²) < 4.78 is 5.40. The number of nitrogens with two attached hydrogens (primary N) is 1. The average molecular weight is 284 g/mol. The van der Waals surface area contributed by atoms with Crippen molar-refractivity contribution in [1.82, 2.24) is 0 Å². The molecular formula is C17H20N2O2. The van der Waals surface area contributed by atoms with E-state index in [-0.39, 0.29) is 0 Å². The number of ether oxygens (including phenoxy) is 1. The van der Waals surface area contributed by atoms with Gasteiger partial charge in [0.05, 0.1) is 0 Å². The van der Waals surface area contributed by atoms with Crippen molar-refractivity contribution in [1.29, 1.82) is 0 Å². The fraction of sp³-hybridized carbons (Fsp3) is 0.235. The molecule has 4 nitrogen and oxygen atoms in total. The molecule has 0 aliphatic heterocycles. The van der Waals surface area contributed by atoms with Crippen LogP contribution in [0.15, 0.2) is 54.6 Å². The van der Waals surface area contributed by atoms with Gasteiger partial charge >= 0.3 is 6.09 Å². The van der Waals surface area contributed by atoms with E-state index in [1.54, 1.807) is 17.0 Å². The molecule has 0 spiro atoms. The van der Waals surface area contributed by atoms with Crippen molar-refractivity contribution in [3.05, 3.63) is 60.2 Å². The van der Waals surface area contributed by atoms with Crippen molar-refractivity contribution in [2.45, 2.75) is 13.3 Å². The molecule has 2 N–H and O–H groups in total. The number of nitrogens with zero attached hydrogens (tertiary/aromatic N) is 1. The molecule has 0 aliphatic rings. The van der Waals surface area contributed by atoms with Gasteiger partial charge in [0.15, 0.2) is 0 Å². The molecule has 1 amide bonds. The van der Waals surface area contributed by atoms with Crippen LogP contribution in [-0.4, -0.2) is 19.2 Å². The number of hydrogen-bond donors (Lipinski definition) is 1. The lowest BCUT2D eigenvalue weighted by Gasteiger charge is -2.22. The summed E-state index contributed by atoms with van der Waals surface area (Å²) in [6, 6.07) is 16.8. The van der Waals surface area contributed by atoms with Crippen LogP contribution in [0.25, 0.3) is 0 Å². The number of anilines is 1. The molecule has 2 aromatic rings. The van der Waals surface area contributed by atoms with E-state index in [0.717, 1.165) is 17.7 Å². The molecule has 2 rings (SSSR count). The number of aryl methyl sites for hydroxylation is 1. The smallest absolute Gasteiger partial charge is 0.410 e. The van der Waals surface area contributed by atoms with E-state index < -0.39 is 6.09 Å². The first-order chi connectivity index (χ1) is 10.2. The van der Waals surface area contributed by atoms with Crippen LogP contribution < -0.4 is 15.4 Å². The fourth-order valence-electron chi connectivity index (χ4n) is 1.94. The molecule has 4 heteroatoms. The highest BCUT2D eigenvalue weighted by molar-refractivity contribution is 5.89. The first-order valence-corrected chi connectivity index (χ1v) is 7.02. The van der Waals surface area contributed by atoms with Gasteiger partial charge in [-0.2, -0.15) is 0 Å². The Hall–Kier alpha value is -2.33. The Kier molecular flexibility index (Phi) is 5.35. The topological polar surface area (TPSA) is 55.6 Å². The third-order valence-corrected chi connectivity index (χ3v) is 3.10. The van der Waals surface area contributed by atoms with Gasteiger partial charge < -0.3 is 10.5 Å². The van der Waals surface area contributed by atoms with Gasteiger partial charge in [0.25, 0.3) is 0 Å². The van der Waals surface area contributed by atoms with Crippen molar-refractivity contribution in [2.75, 3.05) is 18.0 Å². The number of hydrogen-bond acceptors (Lipinski definition) is 3. The van der Waals surface area contributed by atoms with Crippen LogP contribution in [0.4, 0.5) is 10.5 Å². The van der Waals surface area contributed by atoms with Gasteiger partial charge in [-0.1, -0.05) is 35.9 Å². The summed E-state index contributed by atoms with van der Waals surface area (Å²) in [5, 5.41) is 0. The molecule has 110 valence electrons. The lowest BCUT2D eigenvalue weighted by molar-refractivity contribution is 0.207. The Labute approximate surface area is 125 Å². The van der Waals surface area contributed by atoms with Gasteiger partial charge in [-0.05, 0) is 44.2 Å². The molecule has 0 unspecified atom stereocenters. The van der Waals surface area contributed by atoms with Crippen molar-refractivity contribution in [3.63, 3.8) is 0 Å². The van der Waals surface area contributed by atoms with Crippen molar-refractivity contribution in [3.8, 4) is 5.75 Å². The minimum atomic E-state index is -0.390. The van der Waals surface area contributed by atoms with Gasteiger partial charge in [-0.3, -0.25) is 4.90 Å². The maximum atomic E-state index is 12.4. The van der Waals surface area contributed by atoms with E-state index in [1.165, 1.54) is 0 Å². The monoisotopic (exact) mass is 284 g/mol. The Morgan fingerprint density at radius 3 is 2.38 bits per heavy atom. The zero-order valence-corrected chi connectivity index (χ0v) is 12.2. The maximum absolute atomic E-state index is 12.4. The van der Waals surface area contributed by atoms with Crippen LogP contribution in [0, 0.1) is 6.92 Å². The Morgan fingerprint density at radius 1 is 1.10 bits per heavy atom. The first kappa shape index (κ1) is 15.1. The highest BCUT2D eigenvalue weighted by atomic mass is 16.6. The standard InChI is InChI=1S/C17H20N2O2/c1-14-8-10-15(11-9-14)19(13-5-12-18)17(20)21-16-6-3-2-4-7-16/h2-4,6-11H,5,12-13,18H2,1H3. The van der Waals surface area contributed by atoms with Gasteiger partial charge in [0.2, 0.25) is 0 Å². The molecule has 2 aromatic carbocycles. The molecule has 0 atom stereocenters. The Morgan fingerprint density at radius 2 is 1.76 bits per heavy atom. The van der Waals surface area contributed by atoms with E-state index in [4.69, 9.17) is 10.5 Å². The van der Waals surface area contributed by atoms with Crippen molar-refractivity contribution in [2.24, 2.45) is 5.73 Å². The number of carbonyl (C=O) groups excluding carboxylic acids is 1. The third kappa shape index (κ3) is 4.33. The Balaban J connectivity index is 2.15. The van der Waals surface area contributed by atoms with Gasteiger partial charge in [0.1, 0.15) is 5.75 Å². The normalized spacial score (nSPS) is 10.2. The second-order valence-corrected chi connectivity index (χ2v) is 4.81. The van der Waals surface area contributed by atoms with E-state index in [2.05, 4.69) is 0 Å². The largest absolute Gasteiger partial charge is 0.419 e. The van der Waals surface area contributed by atoms with Crippen LogP contribution in [0.1, 0.15) is 12.0 Å². The molecule has 0 aliphatic carbocycles. The zero-order chi connectivity index (χ0) is 15.1. The SMILES string of the molecule is Cc1ccc(N(CCCN)C(=O)Oc2ccccc2)cc1. The molecule has 0 bridgehead atoms. The number of carbonyl (C=O) groups is 1. The lowest BCUT2D eigenvalue weighted by atomic mass is 10.2. The fourth-order valence-corrected chi connectivity index (χ4v) is 1.94. The van der Waals surface area contributed by atoms with Gasteiger partial charge in [-0.25, -0.2) is 4.79 Å². The van der Waals surface area contributed by atoms with Crippen molar-refractivity contribution < 1.29 is 9.53 Å². The maximum Gasteiger partial charge on any atom is 0.419 e. The predicted octanol–water partition coefficient (Wildman–Crippen LogP) is 3.35. The second-order valence-electron chi connectivity index (χ2n) is 4.81. The molecule has 0 fully saturated rings. The first-order valence-electron chi connectivity index (χ1n) is 7.02. The minimum absolute atomic E-state index is 0.390. The highest BCUT2D eigenvalue weighted by Crippen LogP contribution is 2.18. The minimum Gasteiger partial charge on any atom is -0.410 e. The summed E-state index contributed by atoms with van der Waals surface area (Å²) in [5.74, 6) is 0.535. The number of rotatable bonds is 5. The molecular weight excluding hydrogens is 264 g/mol. The van der Waals surface area contributed by atoms with Crippen LogP contribution >= 0.6 is 0 Å². The van der Waals surface area contributed by atoms with Crippen LogP contribution in [0.3, 0.4) is 0 Å². The molecule has 0 heterocycles. The van der Waals surface area contributed by atoms with E-state index in [1.807, 2.05) is 49.4 Å². The number of para-hydroxylation sites is 1. The highest BCUT2D eigenvalue weighted by Gasteiger charge is 2.17. The zero-order valence-electron chi connectivity index (χ0n) is 12.2. The van der Waals surface area contributed by atoms with E-state index in [0.29, 0.717) is 18.8 Å². The van der Waals surface area contributed by atoms with Crippen LogP contribution in [0.5, 0.6) is 5.75 Å². The molecule has 0 saturated heterocycles. The van der Waals surface area contributed by atoms with Crippen LogP contribution in [-0.2, 0) is 0 Å². The summed E-state index contributed by atoms with van der Waals surface area (Å²) in [7, 11) is 0. The Bertz CT molecular complexity index is 567. The lowest BCUT2D eigenvalue weighted by Crippen LogP contribution is -2.35. The van der Waals surface area contributed by atoms with Gasteiger partial charge in [0, 0.05) is 12.2 Å². The van der Waals surface area contributed by atoms with Crippen LogP contribution in [0.2, 0.25) is 0 Å². The van der Waals surface area contributed by atoms with Gasteiger partial charge in [-0.15, -0.1) is 0 Å². The molecule has 21 heavy (non-hydrogen) atoms.